The lowest BCUT2D eigenvalue weighted by atomic mass is 10.1. The summed E-state index contributed by atoms with van der Waals surface area (Å²) in [6, 6.07) is 8.16. The first-order valence-corrected chi connectivity index (χ1v) is 10.6. The smallest absolute Gasteiger partial charge is 0.257 e. The number of hydrogen-bond acceptors (Lipinski definition) is 4. The Morgan fingerprint density at radius 1 is 1.39 bits per heavy atom. The zero-order chi connectivity index (χ0) is 19.7. The van der Waals surface area contributed by atoms with E-state index >= 15 is 0 Å². The summed E-state index contributed by atoms with van der Waals surface area (Å²) in [5.41, 5.74) is 3.84. The Kier molecular flexibility index (Phi) is 5.26. The maximum atomic E-state index is 12.7. The van der Waals surface area contributed by atoms with E-state index < -0.39 is 0 Å². The number of thioether (sulfide) groups is 1. The molecule has 0 saturated carbocycles. The normalized spacial score (nSPS) is 16.1. The SMILES string of the molecule is CCc1c(C)nc2n(c1=O)CC(C(=O)NCCc1c[nH]c3ccccc13)CS2. The van der Waals surface area contributed by atoms with Gasteiger partial charge in [-0.15, -0.1) is 0 Å². The quantitative estimate of drug-likeness (QED) is 0.650. The fourth-order valence-corrected chi connectivity index (χ4v) is 4.89. The Labute approximate surface area is 167 Å². The average molecular weight is 397 g/mol. The lowest BCUT2D eigenvalue weighted by molar-refractivity contribution is -0.124. The highest BCUT2D eigenvalue weighted by atomic mass is 32.2. The number of aryl methyl sites for hydroxylation is 1. The number of rotatable bonds is 5. The van der Waals surface area contributed by atoms with Crippen molar-refractivity contribution < 1.29 is 4.79 Å². The highest BCUT2D eigenvalue weighted by Crippen LogP contribution is 2.26. The van der Waals surface area contributed by atoms with Gasteiger partial charge in [0.2, 0.25) is 5.91 Å². The van der Waals surface area contributed by atoms with Gasteiger partial charge in [0.15, 0.2) is 5.16 Å². The van der Waals surface area contributed by atoms with E-state index in [1.807, 2.05) is 38.2 Å². The molecule has 6 nitrogen and oxygen atoms in total. The van der Waals surface area contributed by atoms with Crippen LogP contribution in [0.1, 0.15) is 23.7 Å². The summed E-state index contributed by atoms with van der Waals surface area (Å²) in [6.45, 7) is 4.82. The Bertz CT molecular complexity index is 1090. The molecule has 1 aliphatic heterocycles. The molecule has 28 heavy (non-hydrogen) atoms. The molecular formula is C21H24N4O2S. The lowest BCUT2D eigenvalue weighted by Gasteiger charge is -2.25. The van der Waals surface area contributed by atoms with Crippen LogP contribution in [0.5, 0.6) is 0 Å². The minimum absolute atomic E-state index is 0.00325. The standard InChI is InChI=1S/C21H24N4O2S/c1-3-16-13(2)24-21-25(20(16)27)11-15(12-28-21)19(26)22-9-8-14-10-23-18-7-5-4-6-17(14)18/h4-7,10,15,23H,3,8-9,11-12H2,1-2H3,(H,22,26). The largest absolute Gasteiger partial charge is 0.361 e. The van der Waals surface area contributed by atoms with Gasteiger partial charge < -0.3 is 10.3 Å². The third-order valence-corrected chi connectivity index (χ3v) is 6.48. The van der Waals surface area contributed by atoms with E-state index in [1.54, 1.807) is 4.57 Å². The molecule has 0 saturated heterocycles. The first kappa shape index (κ1) is 18.8. The molecule has 1 amide bonds. The number of benzene rings is 1. The second kappa shape index (κ2) is 7.83. The molecule has 146 valence electrons. The molecular weight excluding hydrogens is 372 g/mol. The molecule has 3 aromatic rings. The second-order valence-corrected chi connectivity index (χ2v) is 8.12. The van der Waals surface area contributed by atoms with Crippen LogP contribution in [0.25, 0.3) is 10.9 Å². The van der Waals surface area contributed by atoms with Crippen LogP contribution in [0.4, 0.5) is 0 Å². The third kappa shape index (κ3) is 3.46. The average Bonchev–Trinajstić information content (AvgIpc) is 3.11. The number of aromatic amines is 1. The molecule has 0 aliphatic carbocycles. The van der Waals surface area contributed by atoms with Gasteiger partial charge in [0.1, 0.15) is 0 Å². The molecule has 1 atom stereocenters. The lowest BCUT2D eigenvalue weighted by Crippen LogP contribution is -2.41. The van der Waals surface area contributed by atoms with Crippen LogP contribution in [0, 0.1) is 12.8 Å². The van der Waals surface area contributed by atoms with E-state index in [9.17, 15) is 9.59 Å². The van der Waals surface area contributed by atoms with Crippen molar-refractivity contribution in [3.63, 3.8) is 0 Å². The molecule has 0 radical (unpaired) electrons. The number of nitrogens with one attached hydrogen (secondary N) is 2. The molecule has 2 N–H and O–H groups in total. The minimum Gasteiger partial charge on any atom is -0.361 e. The van der Waals surface area contributed by atoms with E-state index in [0.29, 0.717) is 25.3 Å². The summed E-state index contributed by atoms with van der Waals surface area (Å²) in [5.74, 6) is 0.437. The molecule has 0 bridgehead atoms. The summed E-state index contributed by atoms with van der Waals surface area (Å²) >= 11 is 1.49. The summed E-state index contributed by atoms with van der Waals surface area (Å²) in [6.07, 6.45) is 3.43. The van der Waals surface area contributed by atoms with Crippen LogP contribution >= 0.6 is 11.8 Å². The Balaban J connectivity index is 1.40. The van der Waals surface area contributed by atoms with Crippen molar-refractivity contribution in [1.29, 1.82) is 0 Å². The van der Waals surface area contributed by atoms with Crippen molar-refractivity contribution in [1.82, 2.24) is 19.9 Å². The maximum Gasteiger partial charge on any atom is 0.257 e. The van der Waals surface area contributed by atoms with Gasteiger partial charge in [0, 0.05) is 47.2 Å². The number of carbonyl (C=O) groups is 1. The fraction of sp³-hybridized carbons (Fsp3) is 0.381. The fourth-order valence-electron chi connectivity index (χ4n) is 3.76. The van der Waals surface area contributed by atoms with E-state index in [2.05, 4.69) is 21.4 Å². The topological polar surface area (TPSA) is 79.8 Å². The number of nitrogens with zero attached hydrogens (tertiary/aromatic N) is 2. The number of carbonyl (C=O) groups excluding carboxylic acids is 1. The minimum atomic E-state index is -0.215. The zero-order valence-corrected chi connectivity index (χ0v) is 16.9. The van der Waals surface area contributed by atoms with Gasteiger partial charge in [-0.05, 0) is 31.4 Å². The number of aromatic nitrogens is 3. The highest BCUT2D eigenvalue weighted by molar-refractivity contribution is 7.99. The molecule has 4 rings (SSSR count). The highest BCUT2D eigenvalue weighted by Gasteiger charge is 2.27. The van der Waals surface area contributed by atoms with Gasteiger partial charge >= 0.3 is 0 Å². The molecule has 2 aromatic heterocycles. The number of fused-ring (bicyclic) bond motifs is 2. The van der Waals surface area contributed by atoms with Crippen LogP contribution < -0.4 is 10.9 Å². The molecule has 1 unspecified atom stereocenters. The molecule has 3 heterocycles. The van der Waals surface area contributed by atoms with Gasteiger partial charge in [-0.2, -0.15) is 0 Å². The van der Waals surface area contributed by atoms with Crippen molar-refractivity contribution in [3.05, 3.63) is 57.6 Å². The summed E-state index contributed by atoms with van der Waals surface area (Å²) in [4.78, 5) is 33.2. The number of para-hydroxylation sites is 1. The zero-order valence-electron chi connectivity index (χ0n) is 16.1. The monoisotopic (exact) mass is 396 g/mol. The Hall–Kier alpha value is -2.54. The van der Waals surface area contributed by atoms with Gasteiger partial charge in [-0.1, -0.05) is 36.9 Å². The molecule has 7 heteroatoms. The van der Waals surface area contributed by atoms with Gasteiger partial charge in [-0.25, -0.2) is 4.98 Å². The molecule has 1 aliphatic rings. The van der Waals surface area contributed by atoms with Gasteiger partial charge in [0.25, 0.3) is 5.56 Å². The van der Waals surface area contributed by atoms with Crippen LogP contribution in [-0.4, -0.2) is 32.7 Å². The van der Waals surface area contributed by atoms with Crippen LogP contribution in [-0.2, 0) is 24.2 Å². The van der Waals surface area contributed by atoms with Crippen LogP contribution in [0.2, 0.25) is 0 Å². The van der Waals surface area contributed by atoms with Crippen molar-refractivity contribution in [2.24, 2.45) is 5.92 Å². The summed E-state index contributed by atoms with van der Waals surface area (Å²) < 4.78 is 1.67. The van der Waals surface area contributed by atoms with Gasteiger partial charge in [-0.3, -0.25) is 14.2 Å². The van der Waals surface area contributed by atoms with Crippen molar-refractivity contribution in [3.8, 4) is 0 Å². The van der Waals surface area contributed by atoms with Gasteiger partial charge in [0.05, 0.1) is 5.92 Å². The number of H-pyrrole nitrogens is 1. The van der Waals surface area contributed by atoms with E-state index in [4.69, 9.17) is 0 Å². The Morgan fingerprint density at radius 3 is 3.04 bits per heavy atom. The molecule has 1 aromatic carbocycles. The van der Waals surface area contributed by atoms with E-state index in [-0.39, 0.29) is 17.4 Å². The van der Waals surface area contributed by atoms with E-state index in [1.165, 1.54) is 22.7 Å². The summed E-state index contributed by atoms with van der Waals surface area (Å²) in [5, 5.41) is 4.96. The predicted molar refractivity (Wildman–Crippen MR) is 112 cm³/mol. The second-order valence-electron chi connectivity index (χ2n) is 7.14. The Morgan fingerprint density at radius 2 is 2.21 bits per heavy atom. The predicted octanol–water partition coefficient (Wildman–Crippen LogP) is 2.68. The maximum absolute atomic E-state index is 12.7. The summed E-state index contributed by atoms with van der Waals surface area (Å²) in [7, 11) is 0. The molecule has 0 spiro atoms. The van der Waals surface area contributed by atoms with Crippen LogP contribution in [0.15, 0.2) is 40.4 Å². The molecule has 0 fully saturated rings. The first-order chi connectivity index (χ1) is 13.6. The first-order valence-electron chi connectivity index (χ1n) is 9.64. The van der Waals surface area contributed by atoms with Crippen LogP contribution in [0.3, 0.4) is 0 Å². The van der Waals surface area contributed by atoms with E-state index in [0.717, 1.165) is 28.4 Å². The number of amides is 1. The third-order valence-electron chi connectivity index (χ3n) is 5.34. The van der Waals surface area contributed by atoms with Crippen molar-refractivity contribution in [2.45, 2.75) is 38.4 Å². The van der Waals surface area contributed by atoms with Crippen molar-refractivity contribution >= 4 is 28.6 Å². The number of hydrogen-bond donors (Lipinski definition) is 2. The van der Waals surface area contributed by atoms with Crippen molar-refractivity contribution in [2.75, 3.05) is 12.3 Å².